The van der Waals surface area contributed by atoms with Crippen molar-refractivity contribution in [3.05, 3.63) is 67.1 Å². The van der Waals surface area contributed by atoms with Gasteiger partial charge >= 0.3 is 0 Å². The first-order chi connectivity index (χ1) is 12.3. The topological polar surface area (TPSA) is 73.7 Å². The second-order valence-corrected chi connectivity index (χ2v) is 7.74. The minimum absolute atomic E-state index is 0.117. The van der Waals surface area contributed by atoms with Gasteiger partial charge < -0.3 is 4.98 Å². The van der Waals surface area contributed by atoms with Crippen LogP contribution in [0.4, 0.5) is 0 Å². The van der Waals surface area contributed by atoms with Crippen molar-refractivity contribution < 1.29 is 4.79 Å². The maximum absolute atomic E-state index is 13.4. The quantitative estimate of drug-likeness (QED) is 0.623. The summed E-state index contributed by atoms with van der Waals surface area (Å²) >= 11 is 6.34. The van der Waals surface area contributed by atoms with E-state index in [0.29, 0.717) is 34.6 Å². The van der Waals surface area contributed by atoms with E-state index in [0.717, 1.165) is 24.0 Å². The van der Waals surface area contributed by atoms with E-state index in [1.165, 1.54) is 0 Å². The molecule has 0 saturated heterocycles. The van der Waals surface area contributed by atoms with Crippen molar-refractivity contribution >= 4 is 17.4 Å². The number of nitrogens with zero attached hydrogens (tertiary/aromatic N) is 1. The smallest absolute Gasteiger partial charge is 0.253 e. The van der Waals surface area contributed by atoms with E-state index in [2.05, 4.69) is 11.1 Å². The summed E-state index contributed by atoms with van der Waals surface area (Å²) in [6.07, 6.45) is 2.92. The molecule has 1 aromatic heterocycles. The molecular formula is C21H21ClN2O2. The Kier molecular flexibility index (Phi) is 5.02. The molecule has 0 radical (unpaired) electrons. The molecule has 3 rings (SSSR count). The monoisotopic (exact) mass is 368 g/mol. The van der Waals surface area contributed by atoms with E-state index in [1.54, 1.807) is 18.2 Å². The van der Waals surface area contributed by atoms with Crippen LogP contribution in [0.2, 0.25) is 5.15 Å². The highest BCUT2D eigenvalue weighted by Crippen LogP contribution is 2.37. The highest BCUT2D eigenvalue weighted by molar-refractivity contribution is 6.31. The van der Waals surface area contributed by atoms with Gasteiger partial charge in [-0.2, -0.15) is 5.26 Å². The molecule has 26 heavy (non-hydrogen) atoms. The fourth-order valence-electron chi connectivity index (χ4n) is 3.36. The SMILES string of the molecule is Cc1cc(C#N)cc(C(=O)c2c(CC3CC3)c(Cl)[nH]c(=O)c2C(C)C)c1. The van der Waals surface area contributed by atoms with Crippen molar-refractivity contribution in [2.75, 3.05) is 0 Å². The number of rotatable bonds is 5. The van der Waals surface area contributed by atoms with Gasteiger partial charge in [0.25, 0.3) is 5.56 Å². The normalized spacial score (nSPS) is 13.7. The average molecular weight is 369 g/mol. The Morgan fingerprint density at radius 1 is 1.35 bits per heavy atom. The lowest BCUT2D eigenvalue weighted by atomic mass is 9.87. The highest BCUT2D eigenvalue weighted by Gasteiger charge is 2.30. The Hall–Kier alpha value is -2.38. The van der Waals surface area contributed by atoms with Crippen LogP contribution in [0.5, 0.6) is 0 Å². The molecule has 0 amide bonds. The molecule has 1 N–H and O–H groups in total. The summed E-state index contributed by atoms with van der Waals surface area (Å²) in [6.45, 7) is 5.64. The van der Waals surface area contributed by atoms with Gasteiger partial charge in [0.2, 0.25) is 0 Å². The number of aromatic amines is 1. The molecule has 134 valence electrons. The van der Waals surface area contributed by atoms with Gasteiger partial charge in [0.15, 0.2) is 5.78 Å². The van der Waals surface area contributed by atoms with Gasteiger partial charge in [0.1, 0.15) is 5.15 Å². The summed E-state index contributed by atoms with van der Waals surface area (Å²) in [5.41, 5.74) is 2.97. The van der Waals surface area contributed by atoms with Crippen LogP contribution >= 0.6 is 11.6 Å². The lowest BCUT2D eigenvalue weighted by molar-refractivity contribution is 0.103. The fourth-order valence-corrected chi connectivity index (χ4v) is 3.62. The van der Waals surface area contributed by atoms with Gasteiger partial charge in [-0.25, -0.2) is 0 Å². The van der Waals surface area contributed by atoms with Crippen molar-refractivity contribution in [3.63, 3.8) is 0 Å². The second-order valence-electron chi connectivity index (χ2n) is 7.37. The largest absolute Gasteiger partial charge is 0.312 e. The van der Waals surface area contributed by atoms with E-state index in [1.807, 2.05) is 20.8 Å². The molecule has 2 aromatic rings. The third-order valence-electron chi connectivity index (χ3n) is 4.77. The summed E-state index contributed by atoms with van der Waals surface area (Å²) in [5.74, 6) is 0.155. The van der Waals surface area contributed by atoms with Crippen LogP contribution in [0.3, 0.4) is 0 Å². The Morgan fingerprint density at radius 3 is 2.62 bits per heavy atom. The van der Waals surface area contributed by atoms with E-state index in [4.69, 9.17) is 11.6 Å². The van der Waals surface area contributed by atoms with Crippen LogP contribution in [0.1, 0.15) is 70.8 Å². The molecule has 0 spiro atoms. The zero-order valence-corrected chi connectivity index (χ0v) is 15.9. The first kappa shape index (κ1) is 18.4. The van der Waals surface area contributed by atoms with Crippen molar-refractivity contribution in [1.82, 2.24) is 4.98 Å². The number of hydrogen-bond acceptors (Lipinski definition) is 3. The molecule has 1 heterocycles. The van der Waals surface area contributed by atoms with Crippen LogP contribution in [0.15, 0.2) is 23.0 Å². The summed E-state index contributed by atoms with van der Waals surface area (Å²) in [4.78, 5) is 28.6. The Bertz CT molecular complexity index is 979. The minimum Gasteiger partial charge on any atom is -0.312 e. The summed E-state index contributed by atoms with van der Waals surface area (Å²) in [6, 6.07) is 7.15. The molecular weight excluding hydrogens is 348 g/mol. The van der Waals surface area contributed by atoms with Crippen LogP contribution in [0, 0.1) is 24.2 Å². The highest BCUT2D eigenvalue weighted by atomic mass is 35.5. The lowest BCUT2D eigenvalue weighted by Crippen LogP contribution is -2.23. The molecule has 0 bridgehead atoms. The number of ketones is 1. The van der Waals surface area contributed by atoms with Gasteiger partial charge in [-0.15, -0.1) is 0 Å². The number of carbonyl (C=O) groups excluding carboxylic acids is 1. The number of benzene rings is 1. The van der Waals surface area contributed by atoms with Crippen LogP contribution < -0.4 is 5.56 Å². The lowest BCUT2D eigenvalue weighted by Gasteiger charge is -2.17. The van der Waals surface area contributed by atoms with Crippen LogP contribution in [-0.2, 0) is 6.42 Å². The molecule has 0 unspecified atom stereocenters. The Labute approximate surface area is 157 Å². The number of nitriles is 1. The first-order valence-corrected chi connectivity index (χ1v) is 9.20. The number of carbonyl (C=O) groups is 1. The number of halogens is 1. The molecule has 1 aliphatic carbocycles. The number of hydrogen-bond donors (Lipinski definition) is 1. The molecule has 0 atom stereocenters. The van der Waals surface area contributed by atoms with E-state index >= 15 is 0 Å². The van der Waals surface area contributed by atoms with Gasteiger partial charge in [-0.3, -0.25) is 9.59 Å². The zero-order chi connectivity index (χ0) is 19.0. The number of pyridine rings is 1. The third-order valence-corrected chi connectivity index (χ3v) is 5.09. The van der Waals surface area contributed by atoms with E-state index in [9.17, 15) is 14.9 Å². The second kappa shape index (κ2) is 7.09. The molecule has 1 aromatic carbocycles. The maximum atomic E-state index is 13.4. The van der Waals surface area contributed by atoms with Crippen LogP contribution in [0.25, 0.3) is 0 Å². The minimum atomic E-state index is -0.318. The molecule has 4 nitrogen and oxygen atoms in total. The number of nitrogens with one attached hydrogen (secondary N) is 1. The number of aryl methyl sites for hydroxylation is 1. The van der Waals surface area contributed by atoms with Crippen molar-refractivity contribution in [2.24, 2.45) is 5.92 Å². The fraction of sp³-hybridized carbons (Fsp3) is 0.381. The van der Waals surface area contributed by atoms with Crippen molar-refractivity contribution in [2.45, 2.75) is 46.0 Å². The molecule has 1 saturated carbocycles. The maximum Gasteiger partial charge on any atom is 0.253 e. The summed E-state index contributed by atoms with van der Waals surface area (Å²) in [5, 5.41) is 9.47. The van der Waals surface area contributed by atoms with E-state index < -0.39 is 0 Å². The van der Waals surface area contributed by atoms with Gasteiger partial charge in [0, 0.05) is 16.7 Å². The standard InChI is InChI=1S/C21H21ClN2O2/c1-11(2)17-18(16(9-13-4-5-13)20(22)24-21(17)26)19(25)15-7-12(3)6-14(8-15)10-23/h6-8,11,13H,4-5,9H2,1-3H3,(H,24,26). The molecule has 5 heteroatoms. The summed E-state index contributed by atoms with van der Waals surface area (Å²) < 4.78 is 0. The van der Waals surface area contributed by atoms with Crippen molar-refractivity contribution in [1.29, 1.82) is 5.26 Å². The zero-order valence-electron chi connectivity index (χ0n) is 15.1. The van der Waals surface area contributed by atoms with Crippen LogP contribution in [-0.4, -0.2) is 10.8 Å². The third kappa shape index (κ3) is 3.59. The van der Waals surface area contributed by atoms with Gasteiger partial charge in [-0.05, 0) is 67.3 Å². The predicted molar refractivity (Wildman–Crippen MR) is 102 cm³/mol. The number of H-pyrrole nitrogens is 1. The van der Waals surface area contributed by atoms with Crippen molar-refractivity contribution in [3.8, 4) is 6.07 Å². The number of aromatic nitrogens is 1. The summed E-state index contributed by atoms with van der Waals surface area (Å²) in [7, 11) is 0. The van der Waals surface area contributed by atoms with Gasteiger partial charge in [0.05, 0.1) is 11.6 Å². The first-order valence-electron chi connectivity index (χ1n) is 8.82. The van der Waals surface area contributed by atoms with Gasteiger partial charge in [-0.1, -0.05) is 25.4 Å². The molecule has 1 fully saturated rings. The Balaban J connectivity index is 2.24. The predicted octanol–water partition coefficient (Wildman–Crippen LogP) is 4.52. The van der Waals surface area contributed by atoms with E-state index in [-0.39, 0.29) is 22.4 Å². The average Bonchev–Trinajstić information content (AvgIpc) is 3.39. The molecule has 0 aliphatic heterocycles. The Morgan fingerprint density at radius 2 is 2.04 bits per heavy atom. The molecule has 1 aliphatic rings.